The number of ether oxygens (including phenoxy) is 2. The van der Waals surface area contributed by atoms with E-state index in [1.54, 1.807) is 11.3 Å². The van der Waals surface area contributed by atoms with Crippen LogP contribution in [0.1, 0.15) is 31.4 Å². The normalized spacial score (nSPS) is 11.3. The molecular formula is C13H18N2O2S. The van der Waals surface area contributed by atoms with Gasteiger partial charge in [0.25, 0.3) is 0 Å². The summed E-state index contributed by atoms with van der Waals surface area (Å²) in [7, 11) is 0. The smallest absolute Gasteiger partial charge is 0.200 e. The zero-order chi connectivity index (χ0) is 13.0. The minimum atomic E-state index is -0.360. The summed E-state index contributed by atoms with van der Waals surface area (Å²) in [5.74, 6) is 0. The molecule has 0 saturated heterocycles. The molecule has 0 aliphatic carbocycles. The number of H-pyrrole nitrogens is 1. The number of aromatic nitrogens is 2. The van der Waals surface area contributed by atoms with Gasteiger partial charge >= 0.3 is 0 Å². The first-order valence-corrected chi connectivity index (χ1v) is 6.97. The van der Waals surface area contributed by atoms with E-state index >= 15 is 0 Å². The number of rotatable bonds is 6. The topological polar surface area (TPSA) is 47.1 Å². The molecule has 5 heteroatoms. The molecule has 0 bridgehead atoms. The molecule has 0 aromatic carbocycles. The van der Waals surface area contributed by atoms with E-state index in [9.17, 15) is 0 Å². The van der Waals surface area contributed by atoms with E-state index in [4.69, 9.17) is 9.47 Å². The van der Waals surface area contributed by atoms with Gasteiger partial charge in [-0.2, -0.15) is 5.10 Å². The second kappa shape index (κ2) is 6.13. The summed E-state index contributed by atoms with van der Waals surface area (Å²) < 4.78 is 11.1. The van der Waals surface area contributed by atoms with Crippen molar-refractivity contribution >= 4 is 11.3 Å². The fourth-order valence-corrected chi connectivity index (χ4v) is 2.63. The van der Waals surface area contributed by atoms with E-state index < -0.39 is 0 Å². The summed E-state index contributed by atoms with van der Waals surface area (Å²) in [6, 6.07) is 4.09. The Hall–Kier alpha value is -1.17. The number of aryl methyl sites for hydroxylation is 1. The molecule has 0 unspecified atom stereocenters. The van der Waals surface area contributed by atoms with Gasteiger partial charge in [-0.15, -0.1) is 11.3 Å². The van der Waals surface area contributed by atoms with Crippen LogP contribution in [0.25, 0.3) is 10.6 Å². The van der Waals surface area contributed by atoms with Gasteiger partial charge in [-0.25, -0.2) is 0 Å². The van der Waals surface area contributed by atoms with E-state index in [0.29, 0.717) is 13.2 Å². The summed E-state index contributed by atoms with van der Waals surface area (Å²) in [5, 5.41) is 9.40. The lowest BCUT2D eigenvalue weighted by Crippen LogP contribution is -2.09. The molecule has 0 aliphatic rings. The van der Waals surface area contributed by atoms with Crippen LogP contribution in [-0.2, 0) is 9.47 Å². The monoisotopic (exact) mass is 266 g/mol. The van der Waals surface area contributed by atoms with Crippen molar-refractivity contribution in [2.45, 2.75) is 27.1 Å². The van der Waals surface area contributed by atoms with Crippen molar-refractivity contribution < 1.29 is 9.47 Å². The molecular weight excluding hydrogens is 248 g/mol. The summed E-state index contributed by atoms with van der Waals surface area (Å²) in [6.45, 7) is 7.20. The van der Waals surface area contributed by atoms with Crippen LogP contribution in [0.4, 0.5) is 0 Å². The highest BCUT2D eigenvalue weighted by Gasteiger charge is 2.16. The van der Waals surface area contributed by atoms with Crippen LogP contribution in [-0.4, -0.2) is 23.4 Å². The SMILES string of the molecule is CCOC(OCC)c1cc(-c2sccc2C)n[nH]1. The highest BCUT2D eigenvalue weighted by atomic mass is 32.1. The van der Waals surface area contributed by atoms with Crippen molar-refractivity contribution in [1.29, 1.82) is 0 Å². The first-order valence-electron chi connectivity index (χ1n) is 6.09. The fraction of sp³-hybridized carbons (Fsp3) is 0.462. The van der Waals surface area contributed by atoms with Crippen molar-refractivity contribution in [2.24, 2.45) is 0 Å². The molecule has 0 saturated carbocycles. The molecule has 98 valence electrons. The van der Waals surface area contributed by atoms with E-state index in [-0.39, 0.29) is 6.29 Å². The molecule has 2 heterocycles. The molecule has 0 aliphatic heterocycles. The zero-order valence-corrected chi connectivity index (χ0v) is 11.7. The second-order valence-electron chi connectivity index (χ2n) is 3.88. The summed E-state index contributed by atoms with van der Waals surface area (Å²) in [6.07, 6.45) is -0.360. The van der Waals surface area contributed by atoms with Crippen molar-refractivity contribution in [1.82, 2.24) is 10.2 Å². The third-order valence-corrected chi connectivity index (χ3v) is 3.62. The number of hydrogen-bond acceptors (Lipinski definition) is 4. The number of aromatic amines is 1. The molecule has 0 atom stereocenters. The Morgan fingerprint density at radius 2 is 2.06 bits per heavy atom. The summed E-state index contributed by atoms with van der Waals surface area (Å²) in [4.78, 5) is 1.18. The first kappa shape index (κ1) is 13.3. The number of hydrogen-bond donors (Lipinski definition) is 1. The maximum absolute atomic E-state index is 5.54. The number of nitrogens with zero attached hydrogens (tertiary/aromatic N) is 1. The van der Waals surface area contributed by atoms with E-state index in [2.05, 4.69) is 28.6 Å². The maximum atomic E-state index is 5.54. The van der Waals surface area contributed by atoms with Crippen LogP contribution in [0.5, 0.6) is 0 Å². The van der Waals surface area contributed by atoms with Gasteiger partial charge in [0.05, 0.1) is 10.6 Å². The lowest BCUT2D eigenvalue weighted by atomic mass is 10.2. The quantitative estimate of drug-likeness (QED) is 0.814. The minimum Gasteiger partial charge on any atom is -0.347 e. The summed E-state index contributed by atoms with van der Waals surface area (Å²) >= 11 is 1.69. The predicted octanol–water partition coefficient (Wildman–Crippen LogP) is 3.52. The highest BCUT2D eigenvalue weighted by Crippen LogP contribution is 2.29. The van der Waals surface area contributed by atoms with Gasteiger partial charge in [0.15, 0.2) is 6.29 Å². The van der Waals surface area contributed by atoms with E-state index in [1.807, 2.05) is 19.9 Å². The molecule has 0 fully saturated rings. The second-order valence-corrected chi connectivity index (χ2v) is 4.80. The standard InChI is InChI=1S/C13H18N2O2S/c1-4-16-13(17-5-2)11-8-10(14-15-11)12-9(3)6-7-18-12/h6-8,13H,4-5H2,1-3H3,(H,14,15). The van der Waals surface area contributed by atoms with Crippen molar-refractivity contribution in [2.75, 3.05) is 13.2 Å². The van der Waals surface area contributed by atoms with E-state index in [0.717, 1.165) is 11.4 Å². The Balaban J connectivity index is 2.21. The third-order valence-electron chi connectivity index (χ3n) is 2.58. The molecule has 0 radical (unpaired) electrons. The lowest BCUT2D eigenvalue weighted by molar-refractivity contribution is -0.142. The Labute approximate surface area is 111 Å². The van der Waals surface area contributed by atoms with Gasteiger partial charge in [0.2, 0.25) is 0 Å². The molecule has 4 nitrogen and oxygen atoms in total. The predicted molar refractivity (Wildman–Crippen MR) is 72.6 cm³/mol. The molecule has 1 N–H and O–H groups in total. The van der Waals surface area contributed by atoms with Crippen LogP contribution in [0, 0.1) is 6.92 Å². The van der Waals surface area contributed by atoms with Crippen LogP contribution < -0.4 is 0 Å². The van der Waals surface area contributed by atoms with Gasteiger partial charge in [0.1, 0.15) is 5.69 Å². The Bertz CT molecular complexity index is 487. The van der Waals surface area contributed by atoms with Gasteiger partial charge in [-0.3, -0.25) is 5.10 Å². The molecule has 18 heavy (non-hydrogen) atoms. The van der Waals surface area contributed by atoms with Crippen LogP contribution in [0.3, 0.4) is 0 Å². The number of nitrogens with one attached hydrogen (secondary N) is 1. The summed E-state index contributed by atoms with van der Waals surface area (Å²) in [5.41, 5.74) is 3.05. The fourth-order valence-electron chi connectivity index (χ4n) is 1.74. The molecule has 2 aromatic heterocycles. The largest absolute Gasteiger partial charge is 0.347 e. The Morgan fingerprint density at radius 3 is 2.61 bits per heavy atom. The molecule has 2 rings (SSSR count). The first-order chi connectivity index (χ1) is 8.76. The van der Waals surface area contributed by atoms with Crippen molar-refractivity contribution in [3.63, 3.8) is 0 Å². The lowest BCUT2D eigenvalue weighted by Gasteiger charge is -2.14. The van der Waals surface area contributed by atoms with E-state index in [1.165, 1.54) is 10.4 Å². The Kier molecular flexibility index (Phi) is 4.52. The van der Waals surface area contributed by atoms with Crippen LogP contribution in [0.2, 0.25) is 0 Å². The van der Waals surface area contributed by atoms with Crippen molar-refractivity contribution in [3.8, 4) is 10.6 Å². The third kappa shape index (κ3) is 2.80. The average Bonchev–Trinajstić information content (AvgIpc) is 2.97. The Morgan fingerprint density at radius 1 is 1.33 bits per heavy atom. The highest BCUT2D eigenvalue weighted by molar-refractivity contribution is 7.13. The van der Waals surface area contributed by atoms with Gasteiger partial charge in [0, 0.05) is 13.2 Å². The van der Waals surface area contributed by atoms with Crippen LogP contribution >= 0.6 is 11.3 Å². The minimum absolute atomic E-state index is 0.360. The van der Waals surface area contributed by atoms with Crippen molar-refractivity contribution in [3.05, 3.63) is 28.8 Å². The number of thiophene rings is 1. The molecule has 2 aromatic rings. The van der Waals surface area contributed by atoms with Gasteiger partial charge in [-0.05, 0) is 43.8 Å². The van der Waals surface area contributed by atoms with Gasteiger partial charge < -0.3 is 9.47 Å². The zero-order valence-electron chi connectivity index (χ0n) is 10.9. The average molecular weight is 266 g/mol. The maximum Gasteiger partial charge on any atom is 0.200 e. The van der Waals surface area contributed by atoms with Gasteiger partial charge in [-0.1, -0.05) is 0 Å². The van der Waals surface area contributed by atoms with Crippen LogP contribution in [0.15, 0.2) is 17.5 Å². The molecule has 0 amide bonds. The molecule has 0 spiro atoms.